The van der Waals surface area contributed by atoms with E-state index in [1.807, 2.05) is 19.1 Å². The maximum atomic E-state index is 13.3. The van der Waals surface area contributed by atoms with Gasteiger partial charge in [0.1, 0.15) is 25.5 Å². The highest BCUT2D eigenvalue weighted by Crippen LogP contribution is 2.32. The number of halogens is 1. The van der Waals surface area contributed by atoms with Gasteiger partial charge in [0.25, 0.3) is 0 Å². The number of ketones is 1. The van der Waals surface area contributed by atoms with E-state index >= 15 is 0 Å². The molecule has 10 nitrogen and oxygen atoms in total. The molecule has 3 aromatic rings. The Morgan fingerprint density at radius 3 is 2.51 bits per heavy atom. The minimum atomic E-state index is -0.208. The van der Waals surface area contributed by atoms with Crippen LogP contribution in [-0.4, -0.2) is 63.3 Å². The van der Waals surface area contributed by atoms with E-state index in [4.69, 9.17) is 24.7 Å². The Morgan fingerprint density at radius 2 is 1.92 bits per heavy atom. The number of aromatic nitrogens is 4. The standard InChI is InChI=1S/C26H35N5O5.ClH/c1-6-26(14-34-15-26)16-36-22-9-17(2)23-29-30(24(27)31(23)28-22)13-21(33)18-10-19(25(3,4)5)12-20(11-18)35-8-7-32;/h9-12,27,32H,6-8,13-16H2,1-5H3;1H. The lowest BCUT2D eigenvalue weighted by atomic mass is 9.84. The van der Waals surface area contributed by atoms with E-state index < -0.39 is 0 Å². The smallest absolute Gasteiger partial charge is 0.242 e. The van der Waals surface area contributed by atoms with Crippen molar-refractivity contribution < 1.29 is 24.1 Å². The number of aliphatic hydroxyl groups excluding tert-OH is 1. The minimum absolute atomic E-state index is 0. The number of fused-ring (bicyclic) bond motifs is 1. The molecule has 202 valence electrons. The summed E-state index contributed by atoms with van der Waals surface area (Å²) >= 11 is 0. The lowest BCUT2D eigenvalue weighted by Crippen LogP contribution is -2.46. The molecule has 1 fully saturated rings. The zero-order valence-corrected chi connectivity index (χ0v) is 22.9. The second-order valence-corrected chi connectivity index (χ2v) is 10.5. The van der Waals surface area contributed by atoms with Gasteiger partial charge in [-0.05, 0) is 42.5 Å². The summed E-state index contributed by atoms with van der Waals surface area (Å²) in [6.45, 7) is 11.9. The maximum Gasteiger partial charge on any atom is 0.242 e. The lowest BCUT2D eigenvalue weighted by Gasteiger charge is -2.40. The molecule has 2 aromatic heterocycles. The van der Waals surface area contributed by atoms with Crippen molar-refractivity contribution >= 4 is 23.8 Å². The molecular formula is C26H36ClN5O5. The van der Waals surface area contributed by atoms with Gasteiger partial charge in [-0.2, -0.15) is 4.52 Å². The molecule has 0 radical (unpaired) electrons. The molecule has 0 spiro atoms. The van der Waals surface area contributed by atoms with Crippen LogP contribution in [0.2, 0.25) is 0 Å². The maximum absolute atomic E-state index is 13.3. The summed E-state index contributed by atoms with van der Waals surface area (Å²) in [6, 6.07) is 7.19. The molecule has 4 rings (SSSR count). The fourth-order valence-electron chi connectivity index (χ4n) is 3.99. The summed E-state index contributed by atoms with van der Waals surface area (Å²) in [6.07, 6.45) is 0.953. The average Bonchev–Trinajstić information content (AvgIpc) is 3.12. The molecule has 1 aliphatic rings. The zero-order chi connectivity index (χ0) is 26.1. The van der Waals surface area contributed by atoms with Crippen LogP contribution < -0.4 is 15.1 Å². The number of carbonyl (C=O) groups is 1. The largest absolute Gasteiger partial charge is 0.491 e. The van der Waals surface area contributed by atoms with Crippen molar-refractivity contribution in [3.05, 3.63) is 46.6 Å². The monoisotopic (exact) mass is 533 g/mol. The molecule has 0 bridgehead atoms. The number of hydrogen-bond donors (Lipinski definition) is 2. The van der Waals surface area contributed by atoms with Gasteiger partial charge in [0.15, 0.2) is 11.4 Å². The topological polar surface area (TPSA) is 124 Å². The first-order valence-corrected chi connectivity index (χ1v) is 12.2. The van der Waals surface area contributed by atoms with E-state index in [-0.39, 0.29) is 54.4 Å². The number of nitrogens with zero attached hydrogens (tertiary/aromatic N) is 4. The Hall–Kier alpha value is -2.95. The van der Waals surface area contributed by atoms with E-state index in [0.717, 1.165) is 17.5 Å². The van der Waals surface area contributed by atoms with Crippen LogP contribution in [0.1, 0.15) is 55.6 Å². The van der Waals surface area contributed by atoms with Crippen LogP contribution in [0.5, 0.6) is 11.6 Å². The summed E-state index contributed by atoms with van der Waals surface area (Å²) in [4.78, 5) is 13.3. The van der Waals surface area contributed by atoms with Crippen LogP contribution in [-0.2, 0) is 16.7 Å². The minimum Gasteiger partial charge on any atom is -0.491 e. The Balaban J connectivity index is 0.00000380. The van der Waals surface area contributed by atoms with Crippen molar-refractivity contribution in [2.45, 2.75) is 53.0 Å². The highest BCUT2D eigenvalue weighted by Gasteiger charge is 2.38. The van der Waals surface area contributed by atoms with Crippen LogP contribution in [0.25, 0.3) is 5.65 Å². The van der Waals surface area contributed by atoms with Crippen molar-refractivity contribution in [3.63, 3.8) is 0 Å². The zero-order valence-electron chi connectivity index (χ0n) is 22.0. The van der Waals surface area contributed by atoms with E-state index in [9.17, 15) is 4.79 Å². The summed E-state index contributed by atoms with van der Waals surface area (Å²) in [7, 11) is 0. The molecule has 0 saturated carbocycles. The third-order valence-corrected chi connectivity index (χ3v) is 6.59. The van der Waals surface area contributed by atoms with Gasteiger partial charge in [0.2, 0.25) is 11.5 Å². The van der Waals surface area contributed by atoms with Gasteiger partial charge < -0.3 is 19.3 Å². The first-order valence-electron chi connectivity index (χ1n) is 12.2. The quantitative estimate of drug-likeness (QED) is 0.384. The van der Waals surface area contributed by atoms with Gasteiger partial charge in [-0.25, -0.2) is 4.68 Å². The highest BCUT2D eigenvalue weighted by molar-refractivity contribution is 5.96. The second kappa shape index (κ2) is 11.2. The molecule has 37 heavy (non-hydrogen) atoms. The van der Waals surface area contributed by atoms with Crippen molar-refractivity contribution in [2.75, 3.05) is 33.0 Å². The molecule has 2 N–H and O–H groups in total. The number of nitrogens with one attached hydrogen (secondary N) is 1. The van der Waals surface area contributed by atoms with Crippen molar-refractivity contribution in [2.24, 2.45) is 5.41 Å². The van der Waals surface area contributed by atoms with Crippen molar-refractivity contribution in [3.8, 4) is 11.6 Å². The normalized spacial score (nSPS) is 14.6. The predicted molar refractivity (Wildman–Crippen MR) is 140 cm³/mol. The molecule has 1 saturated heterocycles. The molecule has 11 heteroatoms. The molecular weight excluding hydrogens is 498 g/mol. The Kier molecular flexibility index (Phi) is 8.66. The van der Waals surface area contributed by atoms with Gasteiger partial charge in [0.05, 0.1) is 25.2 Å². The van der Waals surface area contributed by atoms with Crippen molar-refractivity contribution in [1.82, 2.24) is 19.4 Å². The predicted octanol–water partition coefficient (Wildman–Crippen LogP) is 3.10. The van der Waals surface area contributed by atoms with E-state index in [2.05, 4.69) is 37.9 Å². The number of Topliss-reactive ketones (excluding diaryl/α,β-unsaturated/α-hetero) is 1. The third-order valence-electron chi connectivity index (χ3n) is 6.59. The Labute approximate surface area is 222 Å². The molecule has 1 aliphatic heterocycles. The lowest BCUT2D eigenvalue weighted by molar-refractivity contribution is -0.134. The van der Waals surface area contributed by atoms with Gasteiger partial charge in [-0.3, -0.25) is 10.2 Å². The number of benzene rings is 1. The van der Waals surface area contributed by atoms with Gasteiger partial charge in [0, 0.05) is 17.2 Å². The molecule has 0 atom stereocenters. The SMILES string of the molecule is CCC1(COc2cc(C)c3nn(CC(=O)c4cc(OCCO)cc(C(C)(C)C)c4)c(=N)n3n2)COC1.Cl. The van der Waals surface area contributed by atoms with Crippen LogP contribution in [0.4, 0.5) is 0 Å². The average molecular weight is 534 g/mol. The molecule has 0 amide bonds. The number of rotatable bonds is 10. The number of carbonyl (C=O) groups excluding carboxylic acids is 1. The first kappa shape index (κ1) is 28.6. The molecule has 0 unspecified atom stereocenters. The summed E-state index contributed by atoms with van der Waals surface area (Å²) in [5.74, 6) is 0.723. The first-order chi connectivity index (χ1) is 17.0. The van der Waals surface area contributed by atoms with Crippen LogP contribution in [0.3, 0.4) is 0 Å². The van der Waals surface area contributed by atoms with E-state index in [0.29, 0.717) is 42.7 Å². The van der Waals surface area contributed by atoms with E-state index in [1.54, 1.807) is 12.1 Å². The fourth-order valence-corrected chi connectivity index (χ4v) is 3.99. The van der Waals surface area contributed by atoms with Gasteiger partial charge in [-0.15, -0.1) is 22.6 Å². The number of ether oxygens (including phenoxy) is 3. The third kappa shape index (κ3) is 6.14. The molecule has 3 heterocycles. The van der Waals surface area contributed by atoms with Crippen LogP contribution in [0, 0.1) is 17.7 Å². The summed E-state index contributed by atoms with van der Waals surface area (Å²) in [5.41, 5.74) is 2.47. The molecule has 1 aromatic carbocycles. The summed E-state index contributed by atoms with van der Waals surface area (Å²) < 4.78 is 19.7. The fraction of sp³-hybridized carbons (Fsp3) is 0.538. The van der Waals surface area contributed by atoms with Gasteiger partial charge >= 0.3 is 0 Å². The number of aliphatic hydroxyl groups is 1. The van der Waals surface area contributed by atoms with Crippen LogP contribution in [0.15, 0.2) is 24.3 Å². The second-order valence-electron chi connectivity index (χ2n) is 10.5. The number of hydrogen-bond acceptors (Lipinski definition) is 8. The molecule has 0 aliphatic carbocycles. The van der Waals surface area contributed by atoms with Crippen molar-refractivity contribution in [1.29, 1.82) is 5.41 Å². The van der Waals surface area contributed by atoms with Crippen LogP contribution >= 0.6 is 12.4 Å². The number of aryl methyl sites for hydroxylation is 1. The van der Waals surface area contributed by atoms with Gasteiger partial charge in [-0.1, -0.05) is 27.7 Å². The Bertz CT molecular complexity index is 1320. The summed E-state index contributed by atoms with van der Waals surface area (Å²) in [5, 5.41) is 26.7. The Morgan fingerprint density at radius 1 is 1.19 bits per heavy atom. The highest BCUT2D eigenvalue weighted by atomic mass is 35.5. The van der Waals surface area contributed by atoms with E-state index in [1.165, 1.54) is 9.20 Å².